The normalized spacial score (nSPS) is 11.2. The van der Waals surface area contributed by atoms with E-state index in [1.807, 2.05) is 6.07 Å². The molecule has 0 saturated heterocycles. The van der Waals surface area contributed by atoms with E-state index in [1.165, 1.54) is 6.07 Å². The molecule has 0 fully saturated rings. The van der Waals surface area contributed by atoms with E-state index >= 15 is 0 Å². The fraction of sp³-hybridized carbons (Fsp3) is 0. The summed E-state index contributed by atoms with van der Waals surface area (Å²) >= 11 is -5.05. The summed E-state index contributed by atoms with van der Waals surface area (Å²) in [6.07, 6.45) is 0. The molecule has 0 heterocycles. The van der Waals surface area contributed by atoms with Crippen molar-refractivity contribution in [1.29, 1.82) is 0 Å². The van der Waals surface area contributed by atoms with Crippen LogP contribution in [0.3, 0.4) is 0 Å². The van der Waals surface area contributed by atoms with E-state index in [0.29, 0.717) is 0 Å². The third-order valence-corrected chi connectivity index (χ3v) is 3.14. The molecule has 0 atom stereocenters. The van der Waals surface area contributed by atoms with Gasteiger partial charge in [-0.05, 0) is 0 Å². The van der Waals surface area contributed by atoms with Crippen molar-refractivity contribution >= 4 is 24.2 Å². The van der Waals surface area contributed by atoms with Crippen LogP contribution in [0, 0.1) is 16.2 Å². The zero-order valence-electron chi connectivity index (χ0n) is 6.25. The van der Waals surface area contributed by atoms with Crippen LogP contribution in [0.25, 0.3) is 0 Å². The molecule has 0 saturated carbocycles. The Morgan fingerprint density at radius 3 is 2.54 bits per heavy atom. The minimum atomic E-state index is -5.05. The number of non-ortho nitro benzene ring substituents is 1. The second-order valence-corrected chi connectivity index (χ2v) is 5.52. The zero-order valence-corrected chi connectivity index (χ0v) is 8.12. The molecule has 0 spiro atoms. The third kappa shape index (κ3) is 2.42. The topological polar surface area (TPSA) is 101 Å². The fourth-order valence-corrected chi connectivity index (χ4v) is 1.86. The Morgan fingerprint density at radius 1 is 1.46 bits per heavy atom. The molecule has 0 unspecified atom stereocenters. The van der Waals surface area contributed by atoms with Crippen LogP contribution in [-0.4, -0.2) is 27.3 Å². The van der Waals surface area contributed by atoms with Crippen LogP contribution in [0.15, 0.2) is 18.2 Å². The second-order valence-electron chi connectivity index (χ2n) is 2.22. The molecular weight excluding hydrogens is 241 g/mol. The van der Waals surface area contributed by atoms with Gasteiger partial charge >= 0.3 is 75.4 Å². The van der Waals surface area contributed by atoms with Gasteiger partial charge in [0.2, 0.25) is 0 Å². The number of nitro groups is 1. The number of hydrogen-bond donors (Lipinski definition) is 2. The van der Waals surface area contributed by atoms with E-state index in [2.05, 4.69) is 0 Å². The summed E-state index contributed by atoms with van der Waals surface area (Å²) in [5, 5.41) is 10.2. The van der Waals surface area contributed by atoms with Crippen LogP contribution < -0.4 is 4.35 Å². The fourth-order valence-electron chi connectivity index (χ4n) is 0.721. The number of nitrogens with zero attached hydrogens (tertiary/aromatic N) is 1. The standard InChI is InChI=1S/C6H5AsNO5/c9-7(10,11)5-2-1-3-6(4-5)8(12)13/h1-3H,(H2,9,10,11). The summed E-state index contributed by atoms with van der Waals surface area (Å²) in [6.45, 7) is 0. The Morgan fingerprint density at radius 2 is 2.08 bits per heavy atom. The first kappa shape index (κ1) is 9.98. The Hall–Kier alpha value is -1.10. The van der Waals surface area contributed by atoms with Gasteiger partial charge in [0, 0.05) is 0 Å². The van der Waals surface area contributed by atoms with Crippen LogP contribution in [0.5, 0.6) is 0 Å². The number of hydrogen-bond acceptors (Lipinski definition) is 3. The maximum atomic E-state index is 10.7. The SMILES string of the molecule is O=[N+]([O-])c1[c]c([As](=O)(O)O)ccc1. The van der Waals surface area contributed by atoms with Gasteiger partial charge in [-0.15, -0.1) is 0 Å². The quantitative estimate of drug-likeness (QED) is 0.394. The monoisotopic (exact) mass is 246 g/mol. The summed E-state index contributed by atoms with van der Waals surface area (Å²) in [5.74, 6) is 0. The molecule has 0 bridgehead atoms. The van der Waals surface area contributed by atoms with Gasteiger partial charge in [-0.3, -0.25) is 0 Å². The van der Waals surface area contributed by atoms with Gasteiger partial charge < -0.3 is 0 Å². The first-order valence-electron chi connectivity index (χ1n) is 3.14. The molecule has 0 aliphatic carbocycles. The van der Waals surface area contributed by atoms with Crippen molar-refractivity contribution in [2.75, 3.05) is 0 Å². The van der Waals surface area contributed by atoms with Crippen molar-refractivity contribution < 1.29 is 16.9 Å². The Labute approximate surface area is 76.0 Å². The minimum absolute atomic E-state index is 0.410. The van der Waals surface area contributed by atoms with Crippen molar-refractivity contribution in [1.82, 2.24) is 0 Å². The molecule has 6 nitrogen and oxygen atoms in total. The average Bonchev–Trinajstić information content (AvgIpc) is 2.03. The van der Waals surface area contributed by atoms with Gasteiger partial charge in [-0.1, -0.05) is 0 Å². The summed E-state index contributed by atoms with van der Waals surface area (Å²) < 4.78 is 27.7. The van der Waals surface area contributed by atoms with Gasteiger partial charge in [0.1, 0.15) is 0 Å². The maximum absolute atomic E-state index is 10.7. The van der Waals surface area contributed by atoms with Gasteiger partial charge in [-0.2, -0.15) is 0 Å². The van der Waals surface area contributed by atoms with Gasteiger partial charge in [0.25, 0.3) is 0 Å². The second kappa shape index (κ2) is 3.33. The predicted molar refractivity (Wildman–Crippen MR) is 42.4 cm³/mol. The van der Waals surface area contributed by atoms with E-state index in [9.17, 15) is 13.9 Å². The van der Waals surface area contributed by atoms with E-state index in [-0.39, 0.29) is 0 Å². The molecule has 1 radical (unpaired) electrons. The summed E-state index contributed by atoms with van der Waals surface area (Å²) in [5.41, 5.74) is -0.442. The molecular formula is C6H5AsNO5. The predicted octanol–water partition coefficient (Wildman–Crippen LogP) is -1.04. The molecule has 13 heavy (non-hydrogen) atoms. The van der Waals surface area contributed by atoms with Crippen molar-refractivity contribution in [2.24, 2.45) is 0 Å². The van der Waals surface area contributed by atoms with E-state index in [4.69, 9.17) is 8.19 Å². The van der Waals surface area contributed by atoms with Crippen LogP contribution in [0.2, 0.25) is 0 Å². The molecule has 1 rings (SSSR count). The molecule has 69 valence electrons. The Balaban J connectivity index is 3.21. The first-order chi connectivity index (χ1) is 5.91. The summed E-state index contributed by atoms with van der Waals surface area (Å²) in [4.78, 5) is 9.45. The first-order valence-corrected chi connectivity index (χ1v) is 6.52. The summed E-state index contributed by atoms with van der Waals surface area (Å²) in [6, 6.07) is 5.50. The van der Waals surface area contributed by atoms with E-state index in [0.717, 1.165) is 12.1 Å². The Kier molecular flexibility index (Phi) is 2.56. The van der Waals surface area contributed by atoms with Crippen LogP contribution in [-0.2, 0) is 3.74 Å². The molecule has 1 aromatic carbocycles. The molecule has 0 aliphatic rings. The Bertz CT molecular complexity index is 384. The molecule has 2 N–H and O–H groups in total. The van der Waals surface area contributed by atoms with Crippen molar-refractivity contribution in [3.05, 3.63) is 34.4 Å². The average molecular weight is 246 g/mol. The molecule has 7 heteroatoms. The van der Waals surface area contributed by atoms with Crippen molar-refractivity contribution in [3.8, 4) is 0 Å². The van der Waals surface area contributed by atoms with Crippen LogP contribution in [0.1, 0.15) is 0 Å². The molecule has 0 aliphatic heterocycles. The molecule has 1 aromatic rings. The number of benzene rings is 1. The van der Waals surface area contributed by atoms with Crippen LogP contribution in [0.4, 0.5) is 5.69 Å². The van der Waals surface area contributed by atoms with E-state index in [1.54, 1.807) is 0 Å². The van der Waals surface area contributed by atoms with E-state index < -0.39 is 29.1 Å². The van der Waals surface area contributed by atoms with Crippen LogP contribution >= 0.6 is 0 Å². The zero-order chi connectivity index (χ0) is 10.1. The summed E-state index contributed by atoms with van der Waals surface area (Å²) in [7, 11) is 0. The van der Waals surface area contributed by atoms with Gasteiger partial charge in [-0.25, -0.2) is 0 Å². The molecule has 0 aromatic heterocycles. The number of nitro benzene ring substituents is 1. The van der Waals surface area contributed by atoms with Gasteiger partial charge in [0.15, 0.2) is 0 Å². The molecule has 0 amide bonds. The van der Waals surface area contributed by atoms with Crippen molar-refractivity contribution in [3.63, 3.8) is 0 Å². The number of rotatable bonds is 2. The van der Waals surface area contributed by atoms with Gasteiger partial charge in [0.05, 0.1) is 0 Å². The third-order valence-electron chi connectivity index (χ3n) is 1.27. The van der Waals surface area contributed by atoms with Crippen molar-refractivity contribution in [2.45, 2.75) is 0 Å².